The summed E-state index contributed by atoms with van der Waals surface area (Å²) in [6.07, 6.45) is 0. The molecule has 0 heterocycles. The normalized spacial score (nSPS) is 0. The van der Waals surface area contributed by atoms with Crippen LogP contribution in [0.3, 0.4) is 0 Å². The van der Waals surface area contributed by atoms with E-state index in [2.05, 4.69) is 0 Å². The molecular weight excluding hydrogens is 693 g/mol. The van der Waals surface area contributed by atoms with Gasteiger partial charge in [0.25, 0.3) is 0 Å². The van der Waals surface area contributed by atoms with Gasteiger partial charge in [0.2, 0.25) is 0 Å². The quantitative estimate of drug-likeness (QED) is 0.282. The Hall–Kier alpha value is 5.37. The van der Waals surface area contributed by atoms with Crippen LogP contribution in [0.1, 0.15) is 0 Å². The number of hydrogen-bond acceptors (Lipinski definition) is 0. The van der Waals surface area contributed by atoms with E-state index in [1.54, 1.807) is 0 Å². The molecule has 0 atom stereocenters. The molecule has 0 nitrogen and oxygen atoms in total. The zero-order valence-electron chi connectivity index (χ0n) is 2.78. The van der Waals surface area contributed by atoms with Crippen molar-refractivity contribution in [1.82, 2.24) is 0 Å². The van der Waals surface area contributed by atoms with E-state index in [1.807, 2.05) is 0 Å². The molecule has 11 radical (unpaired) electrons. The van der Waals surface area contributed by atoms with Gasteiger partial charge in [-0.05, 0) is 0 Å². The summed E-state index contributed by atoms with van der Waals surface area (Å²) in [6.45, 7) is 0. The Balaban J connectivity index is 0. The molecule has 0 aromatic rings. The molecule has 17 valence electrons. The van der Waals surface area contributed by atoms with Crippen LogP contribution >= 0.6 is 0 Å². The van der Waals surface area contributed by atoms with E-state index >= 15 is 0 Å². The van der Waals surface area contributed by atoms with Crippen molar-refractivity contribution in [1.29, 1.82) is 0 Å². The molecule has 0 saturated heterocycles. The topological polar surface area (TPSA) is 0 Å². The molecule has 0 aliphatic carbocycles. The van der Waals surface area contributed by atoms with Gasteiger partial charge in [-0.3, -0.25) is 0 Å². The van der Waals surface area contributed by atoms with E-state index < -0.39 is 0 Å². The fourth-order valence-electron chi connectivity index (χ4n) is 0. The zero-order chi connectivity index (χ0) is 0. The van der Waals surface area contributed by atoms with Crippen LogP contribution in [0.15, 0.2) is 0 Å². The van der Waals surface area contributed by atoms with Crippen molar-refractivity contribution in [2.45, 2.75) is 0 Å². The first kappa shape index (κ1) is 31.6. The Bertz CT molecular complexity index is 11.6. The molecule has 0 rings (SSSR count). The first-order valence-electron chi connectivity index (χ1n) is 0. The summed E-state index contributed by atoms with van der Waals surface area (Å²) in [5.74, 6) is 0. The van der Waals surface area contributed by atoms with Gasteiger partial charge in [0.1, 0.15) is 0 Å². The maximum atomic E-state index is 0. The number of hydrogen-bond donors (Lipinski definition) is 0. The molecule has 0 bridgehead atoms. The minimum Gasteiger partial charge on any atom is 0 e. The minimum atomic E-state index is 0. The van der Waals surface area contributed by atoms with E-state index in [0.717, 1.165) is 0 Å². The molecule has 0 amide bonds. The first-order valence-corrected chi connectivity index (χ1v) is 0. The second kappa shape index (κ2) is 22.8. The smallest absolute Gasteiger partial charge is 0 e. The third-order valence-electron chi connectivity index (χ3n) is 0. The predicted octanol–water partition coefficient (Wildman–Crippen LogP) is -1.14. The van der Waals surface area contributed by atoms with E-state index in [-0.39, 0.29) is 162 Å². The fourth-order valence-corrected chi connectivity index (χ4v) is 0. The molecule has 0 fully saturated rings. The Morgan fingerprint density at radius 2 is 1.00 bits per heavy atom. The average Bonchev–Trinajstić information content (AvgIpc) is 0. The average molecular weight is 693 g/mol. The molecule has 0 aliphatic rings. The van der Waals surface area contributed by atoms with Crippen molar-refractivity contribution in [3.05, 3.63) is 0 Å². The molecule has 0 spiro atoms. The Morgan fingerprint density at radius 3 is 1.00 bits per heavy atom. The van der Waals surface area contributed by atoms with Crippen molar-refractivity contribution in [2.75, 3.05) is 0 Å². The molecule has 5 heavy (non-hydrogen) atoms. The van der Waals surface area contributed by atoms with Gasteiger partial charge in [-0.2, -0.15) is 0 Å². The van der Waals surface area contributed by atoms with Gasteiger partial charge in [-0.1, -0.05) is 0 Å². The molecule has 5 heteroatoms. The summed E-state index contributed by atoms with van der Waals surface area (Å²) in [6, 6.07) is 0. The minimum absolute atomic E-state index is 0. The largest absolute Gasteiger partial charge is 0 e. The SMILES string of the molecule is [Ba].[La].[Pb].[Sn].[Zr]. The summed E-state index contributed by atoms with van der Waals surface area (Å²) in [5, 5.41) is 0. The third kappa shape index (κ3) is 17.6. The third-order valence-corrected chi connectivity index (χ3v) is 0. The van der Waals surface area contributed by atoms with Gasteiger partial charge in [-0.15, -0.1) is 0 Å². The van der Waals surface area contributed by atoms with E-state index in [9.17, 15) is 0 Å². The monoisotopic (exact) mass is 695 g/mol. The molecule has 0 aliphatic heterocycles. The molecule has 0 unspecified atom stereocenters. The van der Waals surface area contributed by atoms with Crippen molar-refractivity contribution in [2.24, 2.45) is 0 Å². The molecule has 0 aromatic heterocycles. The van der Waals surface area contributed by atoms with Crippen molar-refractivity contribution >= 4 is 100 Å². The summed E-state index contributed by atoms with van der Waals surface area (Å²) < 4.78 is 0. The Kier molecular flexibility index (Phi) is 144. The summed E-state index contributed by atoms with van der Waals surface area (Å²) in [4.78, 5) is 0. The predicted molar refractivity (Wildman–Crippen MR) is 17.3 cm³/mol. The van der Waals surface area contributed by atoms with Gasteiger partial charge >= 0.3 is 0 Å². The van der Waals surface area contributed by atoms with E-state index in [4.69, 9.17) is 0 Å². The Morgan fingerprint density at radius 1 is 1.00 bits per heavy atom. The van der Waals surface area contributed by atoms with Crippen LogP contribution in [0.5, 0.6) is 0 Å². The van der Waals surface area contributed by atoms with Gasteiger partial charge < -0.3 is 0 Å². The maximum Gasteiger partial charge on any atom is 0 e. The van der Waals surface area contributed by atoms with Crippen molar-refractivity contribution < 1.29 is 61.8 Å². The van der Waals surface area contributed by atoms with Crippen LogP contribution in [0.2, 0.25) is 0 Å². The summed E-state index contributed by atoms with van der Waals surface area (Å²) >= 11 is 0. The molecular formula is BaLaPbSnZr. The van der Waals surface area contributed by atoms with E-state index in [1.165, 1.54) is 0 Å². The van der Waals surface area contributed by atoms with Crippen LogP contribution in [0.25, 0.3) is 0 Å². The standard InChI is InChI=1S/Ba.La.Pb.Sn.Zr. The maximum absolute atomic E-state index is 0. The van der Waals surface area contributed by atoms with Crippen LogP contribution in [-0.4, -0.2) is 100 Å². The van der Waals surface area contributed by atoms with Gasteiger partial charge in [0.05, 0.1) is 0 Å². The second-order valence-electron chi connectivity index (χ2n) is 0. The number of rotatable bonds is 0. The zero-order valence-corrected chi connectivity index (χ0v) is 20.1. The van der Waals surface area contributed by atoms with Gasteiger partial charge in [-0.25, -0.2) is 0 Å². The van der Waals surface area contributed by atoms with E-state index in [0.29, 0.717) is 0 Å². The van der Waals surface area contributed by atoms with Crippen LogP contribution < -0.4 is 0 Å². The second-order valence-corrected chi connectivity index (χ2v) is 0. The summed E-state index contributed by atoms with van der Waals surface area (Å²) in [7, 11) is 0. The van der Waals surface area contributed by atoms with Gasteiger partial charge in [0.15, 0.2) is 0 Å². The Labute approximate surface area is 157 Å². The van der Waals surface area contributed by atoms with Gasteiger partial charge in [0, 0.05) is 162 Å². The summed E-state index contributed by atoms with van der Waals surface area (Å²) in [5.41, 5.74) is 0. The van der Waals surface area contributed by atoms with Crippen LogP contribution in [0, 0.1) is 35.6 Å². The molecule has 0 aromatic carbocycles. The molecule has 0 N–H and O–H groups in total. The first-order chi connectivity index (χ1) is 0. The van der Waals surface area contributed by atoms with Crippen LogP contribution in [-0.2, 0) is 26.2 Å². The van der Waals surface area contributed by atoms with Crippen LogP contribution in [0.4, 0.5) is 0 Å². The fraction of sp³-hybridized carbons (Fsp3) is 0. The van der Waals surface area contributed by atoms with Crippen molar-refractivity contribution in [3.63, 3.8) is 0 Å². The van der Waals surface area contributed by atoms with Crippen molar-refractivity contribution in [3.8, 4) is 0 Å². The molecule has 0 saturated carbocycles.